The van der Waals surface area contributed by atoms with Gasteiger partial charge in [-0.1, -0.05) is 0 Å². The van der Waals surface area contributed by atoms with Gasteiger partial charge in [0.1, 0.15) is 11.8 Å². The highest BCUT2D eigenvalue weighted by Gasteiger charge is 2.21. The van der Waals surface area contributed by atoms with Crippen LogP contribution in [0.5, 0.6) is 17.2 Å². The van der Waals surface area contributed by atoms with Crippen LogP contribution in [0.25, 0.3) is 11.3 Å². The highest BCUT2D eigenvalue weighted by molar-refractivity contribution is 5.72. The molecule has 0 aliphatic carbocycles. The molecule has 142 valence electrons. The Balaban J connectivity index is 2.16. The first-order chi connectivity index (χ1) is 13.1. The fourth-order valence-electron chi connectivity index (χ4n) is 3.33. The van der Waals surface area contributed by atoms with E-state index in [4.69, 9.17) is 18.6 Å². The van der Waals surface area contributed by atoms with Crippen LogP contribution in [0.15, 0.2) is 27.4 Å². The second-order valence-electron chi connectivity index (χ2n) is 6.23. The Kier molecular flexibility index (Phi) is 5.55. The van der Waals surface area contributed by atoms with Gasteiger partial charge < -0.3 is 23.5 Å². The summed E-state index contributed by atoms with van der Waals surface area (Å²) in [6.45, 7) is 1.62. The summed E-state index contributed by atoms with van der Waals surface area (Å²) in [7, 11) is 4.57. The number of rotatable bonds is 5. The summed E-state index contributed by atoms with van der Waals surface area (Å²) in [6.07, 6.45) is 3.22. The number of hydrogen-bond acceptors (Lipinski definition) is 7. The third kappa shape index (κ3) is 3.56. The third-order valence-corrected chi connectivity index (χ3v) is 4.69. The quantitative estimate of drug-likeness (QED) is 0.799. The maximum Gasteiger partial charge on any atom is 0.356 e. The molecular formula is C20H22N2O5. The number of benzene rings is 1. The van der Waals surface area contributed by atoms with Crippen molar-refractivity contribution in [2.75, 3.05) is 39.3 Å². The first-order valence-electron chi connectivity index (χ1n) is 8.76. The maximum atomic E-state index is 12.4. The van der Waals surface area contributed by atoms with Crippen molar-refractivity contribution >= 4 is 5.69 Å². The second-order valence-corrected chi connectivity index (χ2v) is 6.23. The van der Waals surface area contributed by atoms with Gasteiger partial charge in [0.05, 0.1) is 27.0 Å². The molecule has 0 atom stereocenters. The zero-order valence-electron chi connectivity index (χ0n) is 15.7. The Labute approximate surface area is 157 Å². The highest BCUT2D eigenvalue weighted by atomic mass is 16.5. The van der Waals surface area contributed by atoms with Crippen LogP contribution in [-0.4, -0.2) is 34.4 Å². The number of nitrogens with zero attached hydrogens (tertiary/aromatic N) is 2. The molecule has 0 amide bonds. The Morgan fingerprint density at radius 1 is 1.00 bits per heavy atom. The van der Waals surface area contributed by atoms with Gasteiger partial charge >= 0.3 is 5.63 Å². The molecule has 1 aliphatic rings. The van der Waals surface area contributed by atoms with Gasteiger partial charge in [0.2, 0.25) is 5.75 Å². The minimum atomic E-state index is -0.649. The van der Waals surface area contributed by atoms with E-state index in [0.717, 1.165) is 32.4 Å². The summed E-state index contributed by atoms with van der Waals surface area (Å²) < 4.78 is 21.5. The van der Waals surface area contributed by atoms with Gasteiger partial charge in [-0.15, -0.1) is 0 Å². The smallest absolute Gasteiger partial charge is 0.356 e. The number of nitriles is 1. The van der Waals surface area contributed by atoms with Crippen LogP contribution in [0, 0.1) is 11.3 Å². The molecule has 2 heterocycles. The van der Waals surface area contributed by atoms with Gasteiger partial charge in [0.25, 0.3) is 0 Å². The molecule has 0 spiro atoms. The van der Waals surface area contributed by atoms with Crippen molar-refractivity contribution in [2.24, 2.45) is 0 Å². The summed E-state index contributed by atoms with van der Waals surface area (Å²) in [6, 6.07) is 7.16. The molecule has 7 nitrogen and oxygen atoms in total. The molecule has 3 rings (SSSR count). The molecule has 1 aliphatic heterocycles. The molecule has 1 aromatic carbocycles. The van der Waals surface area contributed by atoms with Crippen molar-refractivity contribution < 1.29 is 18.6 Å². The van der Waals surface area contributed by atoms with Gasteiger partial charge in [0.15, 0.2) is 17.1 Å². The van der Waals surface area contributed by atoms with Crippen LogP contribution in [0.3, 0.4) is 0 Å². The molecule has 27 heavy (non-hydrogen) atoms. The molecule has 1 aromatic heterocycles. The van der Waals surface area contributed by atoms with Crippen molar-refractivity contribution in [3.63, 3.8) is 0 Å². The topological polar surface area (TPSA) is 84.9 Å². The van der Waals surface area contributed by atoms with Crippen LogP contribution in [0.4, 0.5) is 5.69 Å². The predicted molar refractivity (Wildman–Crippen MR) is 101 cm³/mol. The lowest BCUT2D eigenvalue weighted by atomic mass is 10.1. The third-order valence-electron chi connectivity index (χ3n) is 4.69. The van der Waals surface area contributed by atoms with Gasteiger partial charge in [-0.25, -0.2) is 4.79 Å². The monoisotopic (exact) mass is 370 g/mol. The fraction of sp³-hybridized carbons (Fsp3) is 0.400. The van der Waals surface area contributed by atoms with E-state index in [2.05, 4.69) is 4.90 Å². The Hall–Kier alpha value is -3.14. The summed E-state index contributed by atoms with van der Waals surface area (Å²) >= 11 is 0. The van der Waals surface area contributed by atoms with Crippen molar-refractivity contribution in [3.05, 3.63) is 34.2 Å². The van der Waals surface area contributed by atoms with Crippen molar-refractivity contribution in [3.8, 4) is 34.6 Å². The van der Waals surface area contributed by atoms with E-state index in [0.29, 0.717) is 34.3 Å². The number of anilines is 1. The molecule has 7 heteroatoms. The molecule has 0 N–H and O–H groups in total. The fourth-order valence-corrected chi connectivity index (χ4v) is 3.33. The zero-order chi connectivity index (χ0) is 19.4. The largest absolute Gasteiger partial charge is 0.493 e. The molecule has 0 radical (unpaired) electrons. The van der Waals surface area contributed by atoms with E-state index in [9.17, 15) is 10.1 Å². The highest BCUT2D eigenvalue weighted by Crippen LogP contribution is 2.41. The zero-order valence-corrected chi connectivity index (χ0v) is 15.7. The average molecular weight is 370 g/mol. The van der Waals surface area contributed by atoms with Gasteiger partial charge in [0, 0.05) is 24.7 Å². The maximum absolute atomic E-state index is 12.4. The lowest BCUT2D eigenvalue weighted by Gasteiger charge is -2.29. The first-order valence-corrected chi connectivity index (χ1v) is 8.76. The van der Waals surface area contributed by atoms with E-state index in [1.807, 2.05) is 6.07 Å². The van der Waals surface area contributed by atoms with Crippen LogP contribution >= 0.6 is 0 Å². The molecule has 2 aromatic rings. The van der Waals surface area contributed by atoms with Crippen molar-refractivity contribution in [1.29, 1.82) is 5.26 Å². The Morgan fingerprint density at radius 3 is 2.15 bits per heavy atom. The lowest BCUT2D eigenvalue weighted by molar-refractivity contribution is 0.324. The standard InChI is InChI=1S/C20H22N2O5/c1-24-17-9-13(10-18(25-2)19(17)26-3)16-11-15(14(12-21)20(23)27-16)22-7-5-4-6-8-22/h9-11H,4-8H2,1-3H3. The second kappa shape index (κ2) is 8.04. The van der Waals surface area contributed by atoms with Crippen LogP contribution in [0.2, 0.25) is 0 Å². The summed E-state index contributed by atoms with van der Waals surface area (Å²) in [5.41, 5.74) is 0.596. The van der Waals surface area contributed by atoms with Crippen LogP contribution in [0.1, 0.15) is 24.8 Å². The number of piperidine rings is 1. The molecule has 0 unspecified atom stereocenters. The minimum absolute atomic E-state index is 0.0353. The average Bonchev–Trinajstić information content (AvgIpc) is 2.72. The van der Waals surface area contributed by atoms with E-state index >= 15 is 0 Å². The number of hydrogen-bond donors (Lipinski definition) is 0. The summed E-state index contributed by atoms with van der Waals surface area (Å²) in [5, 5.41) is 9.43. The van der Waals surface area contributed by atoms with Gasteiger partial charge in [-0.05, 0) is 31.4 Å². The molecule has 1 fully saturated rings. The minimum Gasteiger partial charge on any atom is -0.493 e. The first kappa shape index (κ1) is 18.6. The molecule has 1 saturated heterocycles. The van der Waals surface area contributed by atoms with Gasteiger partial charge in [-0.3, -0.25) is 0 Å². The van der Waals surface area contributed by atoms with E-state index in [-0.39, 0.29) is 5.56 Å². The number of ether oxygens (including phenoxy) is 3. The van der Waals surface area contributed by atoms with Crippen molar-refractivity contribution in [1.82, 2.24) is 0 Å². The SMILES string of the molecule is COc1cc(-c2cc(N3CCCCC3)c(C#N)c(=O)o2)cc(OC)c1OC. The van der Waals surface area contributed by atoms with E-state index < -0.39 is 5.63 Å². The van der Waals surface area contributed by atoms with Crippen molar-refractivity contribution in [2.45, 2.75) is 19.3 Å². The predicted octanol–water partition coefficient (Wildman–Crippen LogP) is 3.19. The van der Waals surface area contributed by atoms with Crippen LogP contribution < -0.4 is 24.7 Å². The number of methoxy groups -OCH3 is 3. The lowest BCUT2D eigenvalue weighted by Crippen LogP contribution is -2.31. The Morgan fingerprint density at radius 2 is 1.63 bits per heavy atom. The van der Waals surface area contributed by atoms with E-state index in [1.165, 1.54) is 21.3 Å². The molecular weight excluding hydrogens is 348 g/mol. The summed E-state index contributed by atoms with van der Waals surface area (Å²) in [4.78, 5) is 14.5. The normalized spacial score (nSPS) is 13.8. The molecule has 0 saturated carbocycles. The Bertz CT molecular complexity index is 898. The van der Waals surface area contributed by atoms with Gasteiger partial charge in [-0.2, -0.15) is 5.26 Å². The van der Waals surface area contributed by atoms with Crippen LogP contribution in [-0.2, 0) is 0 Å². The van der Waals surface area contributed by atoms with E-state index in [1.54, 1.807) is 18.2 Å². The summed E-state index contributed by atoms with van der Waals surface area (Å²) in [5.74, 6) is 1.71. The molecule has 0 bridgehead atoms.